The summed E-state index contributed by atoms with van der Waals surface area (Å²) in [5.74, 6) is -0.235. The second-order valence-electron chi connectivity index (χ2n) is 11.4. The van der Waals surface area contributed by atoms with Gasteiger partial charge in [0.05, 0.1) is 97.9 Å². The molecule has 0 aliphatic carbocycles. The lowest BCUT2D eigenvalue weighted by Crippen LogP contribution is -2.56. The van der Waals surface area contributed by atoms with Gasteiger partial charge in [0, 0.05) is 11.1 Å². The van der Waals surface area contributed by atoms with Crippen LogP contribution in [-0.4, -0.2) is 106 Å². The minimum Gasteiger partial charge on any atom is -0.491 e. The zero-order valence-corrected chi connectivity index (χ0v) is 25.9. The van der Waals surface area contributed by atoms with Crippen molar-refractivity contribution in [3.8, 4) is 11.5 Å². The van der Waals surface area contributed by atoms with E-state index < -0.39 is 11.6 Å². The lowest BCUT2D eigenvalue weighted by molar-refractivity contribution is -0.368. The predicted octanol–water partition coefficient (Wildman–Crippen LogP) is 3.67. The van der Waals surface area contributed by atoms with E-state index in [0.717, 1.165) is 22.6 Å². The van der Waals surface area contributed by atoms with Crippen LogP contribution in [-0.2, 0) is 54.2 Å². The lowest BCUT2D eigenvalue weighted by Gasteiger charge is -2.49. The van der Waals surface area contributed by atoms with E-state index in [9.17, 15) is 0 Å². The van der Waals surface area contributed by atoms with Gasteiger partial charge in [-0.3, -0.25) is 0 Å². The van der Waals surface area contributed by atoms with Gasteiger partial charge < -0.3 is 52.1 Å². The van der Waals surface area contributed by atoms with Crippen LogP contribution in [0.1, 0.15) is 25.0 Å². The van der Waals surface area contributed by atoms with E-state index in [1.807, 2.05) is 62.4 Å². The highest BCUT2D eigenvalue weighted by Gasteiger charge is 2.49. The Kier molecular flexibility index (Phi) is 12.2. The first kappa shape index (κ1) is 33.1. The molecule has 2 fully saturated rings. The smallest absolute Gasteiger partial charge is 0.191 e. The van der Waals surface area contributed by atoms with E-state index in [1.165, 1.54) is 0 Å². The maximum absolute atomic E-state index is 6.31. The molecule has 11 heteroatoms. The SMILES string of the molecule is CC12OCC3(CO1)COC(C)(OC3)c1ccc(cc1)OCCOCCOCCOCCOCCOCCOc1ccc2cc1. The summed E-state index contributed by atoms with van der Waals surface area (Å²) in [7, 11) is 0. The molecule has 0 aromatic heterocycles. The number of hydrogen-bond acceptors (Lipinski definition) is 11. The molecule has 7 heterocycles. The topological polar surface area (TPSA) is 102 Å². The molecule has 0 saturated carbocycles. The van der Waals surface area contributed by atoms with E-state index in [-0.39, 0.29) is 5.41 Å². The third-order valence-electron chi connectivity index (χ3n) is 7.85. The summed E-state index contributed by atoms with van der Waals surface area (Å²) >= 11 is 0. The van der Waals surface area contributed by atoms with Crippen LogP contribution in [0.5, 0.6) is 11.5 Å². The normalized spacial score (nSPS) is 30.7. The van der Waals surface area contributed by atoms with Crippen molar-refractivity contribution in [2.75, 3.05) is 106 Å². The summed E-state index contributed by atoms with van der Waals surface area (Å²) < 4.78 is 64.7. The van der Waals surface area contributed by atoms with Gasteiger partial charge in [0.15, 0.2) is 11.6 Å². The van der Waals surface area contributed by atoms with Crippen molar-refractivity contribution in [2.24, 2.45) is 5.41 Å². The Hall–Kier alpha value is -2.32. The average Bonchev–Trinajstić information content (AvgIpc) is 3.05. The molecule has 2 aromatic carbocycles. The van der Waals surface area contributed by atoms with Gasteiger partial charge in [0.2, 0.25) is 0 Å². The largest absolute Gasteiger partial charge is 0.491 e. The molecule has 44 heavy (non-hydrogen) atoms. The lowest BCUT2D eigenvalue weighted by atomic mass is 9.88. The third-order valence-corrected chi connectivity index (χ3v) is 7.85. The molecule has 7 aliphatic rings. The molecule has 0 radical (unpaired) electrons. The fraction of sp³-hybridized carbons (Fsp3) is 0.636. The molecule has 9 rings (SSSR count). The van der Waals surface area contributed by atoms with Crippen LogP contribution in [0.25, 0.3) is 0 Å². The number of ether oxygens (including phenoxy) is 11. The minimum absolute atomic E-state index is 0.383. The van der Waals surface area contributed by atoms with Crippen molar-refractivity contribution >= 4 is 0 Å². The molecule has 7 aliphatic heterocycles. The Morgan fingerprint density at radius 2 is 0.659 bits per heavy atom. The summed E-state index contributed by atoms with van der Waals surface area (Å²) in [6.45, 7) is 11.5. The monoisotopic (exact) mass is 618 g/mol. The maximum atomic E-state index is 6.31. The fourth-order valence-corrected chi connectivity index (χ4v) is 4.96. The molecular formula is C33H46O11. The maximum Gasteiger partial charge on any atom is 0.191 e. The van der Waals surface area contributed by atoms with Gasteiger partial charge in [-0.1, -0.05) is 0 Å². The molecule has 7 bridgehead atoms. The van der Waals surface area contributed by atoms with Crippen LogP contribution < -0.4 is 9.47 Å². The highest BCUT2D eigenvalue weighted by molar-refractivity contribution is 5.31. The van der Waals surface area contributed by atoms with E-state index in [2.05, 4.69) is 0 Å². The predicted molar refractivity (Wildman–Crippen MR) is 159 cm³/mol. The zero-order chi connectivity index (χ0) is 30.6. The van der Waals surface area contributed by atoms with Crippen LogP contribution in [0.4, 0.5) is 0 Å². The molecule has 2 aromatic rings. The quantitative estimate of drug-likeness (QED) is 0.432. The molecule has 1 spiro atoms. The number of fused-ring (bicyclic) bond motifs is 4. The second-order valence-corrected chi connectivity index (χ2v) is 11.4. The Balaban J connectivity index is 1.14. The standard InChI is InChI=1S/C33H46O11/c1-31-27-3-7-29(8-4-27)39-21-19-37-17-15-35-13-11-34-12-14-36-16-18-38-20-22-40-30-9-5-28(6-10-30)32(2)43-25-33(23-41-31,24-42-31)26-44-32/h3-10H,11-26H2,1-2H3. The molecule has 2 saturated heterocycles. The first-order chi connectivity index (χ1) is 21.5. The third kappa shape index (κ3) is 9.35. The summed E-state index contributed by atoms with van der Waals surface area (Å²) in [4.78, 5) is 0. The fourth-order valence-electron chi connectivity index (χ4n) is 4.96. The summed E-state index contributed by atoms with van der Waals surface area (Å²) in [5.41, 5.74) is 1.45. The van der Waals surface area contributed by atoms with Gasteiger partial charge in [-0.15, -0.1) is 0 Å². The van der Waals surface area contributed by atoms with Crippen molar-refractivity contribution in [3.05, 3.63) is 59.7 Å². The zero-order valence-electron chi connectivity index (χ0n) is 25.9. The van der Waals surface area contributed by atoms with Crippen molar-refractivity contribution in [3.63, 3.8) is 0 Å². The van der Waals surface area contributed by atoms with Gasteiger partial charge in [-0.05, 0) is 62.4 Å². The Morgan fingerprint density at radius 3 is 0.955 bits per heavy atom. The van der Waals surface area contributed by atoms with Gasteiger partial charge in [-0.2, -0.15) is 0 Å². The van der Waals surface area contributed by atoms with Crippen LogP contribution in [0.2, 0.25) is 0 Å². The molecule has 0 atom stereocenters. The highest BCUT2D eigenvalue weighted by atomic mass is 16.7. The van der Waals surface area contributed by atoms with Crippen LogP contribution in [0.15, 0.2) is 48.5 Å². The minimum atomic E-state index is -0.871. The molecular weight excluding hydrogens is 572 g/mol. The van der Waals surface area contributed by atoms with Gasteiger partial charge >= 0.3 is 0 Å². The first-order valence-corrected chi connectivity index (χ1v) is 15.4. The van der Waals surface area contributed by atoms with Crippen molar-refractivity contribution in [1.29, 1.82) is 0 Å². The molecule has 0 N–H and O–H groups in total. The van der Waals surface area contributed by atoms with Gasteiger partial charge in [0.25, 0.3) is 0 Å². The number of hydrogen-bond donors (Lipinski definition) is 0. The first-order valence-electron chi connectivity index (χ1n) is 15.4. The molecule has 0 amide bonds. The molecule has 11 nitrogen and oxygen atoms in total. The Labute approximate surface area is 259 Å². The number of rotatable bonds is 0. The van der Waals surface area contributed by atoms with E-state index in [1.54, 1.807) is 0 Å². The van der Waals surface area contributed by atoms with E-state index >= 15 is 0 Å². The summed E-state index contributed by atoms with van der Waals surface area (Å²) in [6.07, 6.45) is 0. The van der Waals surface area contributed by atoms with Crippen LogP contribution in [0, 0.1) is 5.41 Å². The van der Waals surface area contributed by atoms with Crippen LogP contribution >= 0.6 is 0 Å². The second kappa shape index (κ2) is 16.3. The van der Waals surface area contributed by atoms with Crippen molar-refractivity contribution in [2.45, 2.75) is 25.4 Å². The van der Waals surface area contributed by atoms with Crippen molar-refractivity contribution < 1.29 is 52.1 Å². The molecule has 0 unspecified atom stereocenters. The summed E-state index contributed by atoms with van der Waals surface area (Å²) in [5, 5.41) is 0. The molecule has 244 valence electrons. The van der Waals surface area contributed by atoms with Crippen molar-refractivity contribution in [1.82, 2.24) is 0 Å². The van der Waals surface area contributed by atoms with Gasteiger partial charge in [0.1, 0.15) is 24.7 Å². The summed E-state index contributed by atoms with van der Waals surface area (Å²) in [6, 6.07) is 15.5. The van der Waals surface area contributed by atoms with E-state index in [4.69, 9.17) is 52.1 Å². The number of benzene rings is 2. The van der Waals surface area contributed by atoms with E-state index in [0.29, 0.717) is 106 Å². The Morgan fingerprint density at radius 1 is 0.386 bits per heavy atom. The average molecular weight is 619 g/mol. The van der Waals surface area contributed by atoms with Crippen LogP contribution in [0.3, 0.4) is 0 Å². The Bertz CT molecular complexity index is 1000. The highest BCUT2D eigenvalue weighted by Crippen LogP contribution is 2.43. The van der Waals surface area contributed by atoms with Gasteiger partial charge in [-0.25, -0.2) is 0 Å².